The molecule has 1 amide bonds. The summed E-state index contributed by atoms with van der Waals surface area (Å²) >= 11 is 6.34. The van der Waals surface area contributed by atoms with Crippen molar-refractivity contribution in [2.75, 3.05) is 5.73 Å². The number of benzene rings is 3. The van der Waals surface area contributed by atoms with Gasteiger partial charge in [-0.05, 0) is 41.5 Å². The van der Waals surface area contributed by atoms with Crippen LogP contribution in [-0.2, 0) is 10.0 Å². The predicted octanol–water partition coefficient (Wildman–Crippen LogP) is 3.00. The van der Waals surface area contributed by atoms with Crippen LogP contribution >= 0.6 is 11.6 Å². The molecule has 0 aliphatic heterocycles. The van der Waals surface area contributed by atoms with Crippen LogP contribution in [0.4, 0.5) is 5.69 Å². The lowest BCUT2D eigenvalue weighted by atomic mass is 9.95. The van der Waals surface area contributed by atoms with Gasteiger partial charge in [0.1, 0.15) is 0 Å². The number of nitrogen functional groups attached to an aromatic ring is 1. The van der Waals surface area contributed by atoms with Gasteiger partial charge < -0.3 is 11.5 Å². The Morgan fingerprint density at radius 2 is 1.59 bits per heavy atom. The highest BCUT2D eigenvalue weighted by atomic mass is 35.5. The fourth-order valence-corrected chi connectivity index (χ4v) is 3.58. The molecule has 0 aromatic heterocycles. The van der Waals surface area contributed by atoms with E-state index < -0.39 is 15.9 Å². The Morgan fingerprint density at radius 3 is 2.19 bits per heavy atom. The summed E-state index contributed by atoms with van der Waals surface area (Å²) < 4.78 is 22.9. The van der Waals surface area contributed by atoms with Crippen molar-refractivity contribution in [2.45, 2.75) is 4.90 Å². The van der Waals surface area contributed by atoms with Gasteiger partial charge in [0.05, 0.1) is 9.92 Å². The van der Waals surface area contributed by atoms with Crippen molar-refractivity contribution in [1.29, 1.82) is 0 Å². The number of hydrogen-bond acceptors (Lipinski definition) is 4. The third-order valence-corrected chi connectivity index (χ3v) is 5.37. The number of anilines is 1. The van der Waals surface area contributed by atoms with Crippen LogP contribution in [0.25, 0.3) is 22.3 Å². The third-order valence-electron chi connectivity index (χ3n) is 4.12. The molecule has 0 radical (unpaired) electrons. The van der Waals surface area contributed by atoms with Gasteiger partial charge in [-0.3, -0.25) is 4.79 Å². The van der Waals surface area contributed by atoms with Gasteiger partial charge in [0.25, 0.3) is 0 Å². The molecule has 27 heavy (non-hydrogen) atoms. The van der Waals surface area contributed by atoms with E-state index in [4.69, 9.17) is 28.2 Å². The maximum Gasteiger partial charge on any atom is 0.248 e. The largest absolute Gasteiger partial charge is 0.398 e. The van der Waals surface area contributed by atoms with Crippen LogP contribution in [0.15, 0.2) is 65.6 Å². The molecule has 0 atom stereocenters. The molecule has 3 aromatic rings. The normalized spacial score (nSPS) is 11.3. The van der Waals surface area contributed by atoms with E-state index in [-0.39, 0.29) is 4.90 Å². The maximum atomic E-state index is 11.4. The second-order valence-electron chi connectivity index (χ2n) is 5.90. The van der Waals surface area contributed by atoms with E-state index in [1.807, 2.05) is 0 Å². The van der Waals surface area contributed by atoms with Gasteiger partial charge in [0.15, 0.2) is 0 Å². The monoisotopic (exact) mass is 401 g/mol. The Labute approximate surface area is 161 Å². The first kappa shape index (κ1) is 18.9. The smallest absolute Gasteiger partial charge is 0.248 e. The van der Waals surface area contributed by atoms with Crippen molar-refractivity contribution in [2.24, 2.45) is 10.9 Å². The molecule has 6 nitrogen and oxygen atoms in total. The Morgan fingerprint density at radius 1 is 0.926 bits per heavy atom. The van der Waals surface area contributed by atoms with Crippen molar-refractivity contribution in [3.63, 3.8) is 0 Å². The number of nitrogens with two attached hydrogens (primary N) is 3. The Bertz CT molecular complexity index is 1140. The molecule has 0 saturated heterocycles. The van der Waals surface area contributed by atoms with E-state index in [0.717, 1.165) is 0 Å². The molecule has 3 aromatic carbocycles. The molecule has 0 bridgehead atoms. The number of halogens is 1. The summed E-state index contributed by atoms with van der Waals surface area (Å²) in [6.07, 6.45) is 0. The van der Waals surface area contributed by atoms with Crippen molar-refractivity contribution in [1.82, 2.24) is 0 Å². The summed E-state index contributed by atoms with van der Waals surface area (Å²) in [7, 11) is -3.79. The second-order valence-corrected chi connectivity index (χ2v) is 7.87. The van der Waals surface area contributed by atoms with Crippen LogP contribution in [0, 0.1) is 0 Å². The Kier molecular flexibility index (Phi) is 4.93. The zero-order chi connectivity index (χ0) is 19.8. The van der Waals surface area contributed by atoms with Crippen molar-refractivity contribution < 1.29 is 13.2 Å². The first-order chi connectivity index (χ1) is 12.7. The van der Waals surface area contributed by atoms with E-state index in [9.17, 15) is 13.2 Å². The number of rotatable bonds is 4. The summed E-state index contributed by atoms with van der Waals surface area (Å²) in [5, 5.41) is 5.54. The first-order valence-electron chi connectivity index (χ1n) is 7.80. The topological polar surface area (TPSA) is 129 Å². The van der Waals surface area contributed by atoms with E-state index in [0.29, 0.717) is 38.5 Å². The van der Waals surface area contributed by atoms with E-state index in [1.54, 1.807) is 48.5 Å². The minimum atomic E-state index is -3.79. The number of primary amides is 1. The summed E-state index contributed by atoms with van der Waals surface area (Å²) in [5.41, 5.74) is 15.0. The zero-order valence-electron chi connectivity index (χ0n) is 14.0. The molecule has 0 aliphatic rings. The average Bonchev–Trinajstić information content (AvgIpc) is 2.61. The molecular formula is C19H16ClN3O3S. The molecule has 0 aliphatic carbocycles. The van der Waals surface area contributed by atoms with Gasteiger partial charge in [-0.25, -0.2) is 13.6 Å². The lowest BCUT2D eigenvalue weighted by Crippen LogP contribution is -2.11. The van der Waals surface area contributed by atoms with Crippen LogP contribution in [0.3, 0.4) is 0 Å². The molecule has 0 saturated carbocycles. The van der Waals surface area contributed by atoms with Crippen LogP contribution in [-0.4, -0.2) is 14.3 Å². The van der Waals surface area contributed by atoms with Gasteiger partial charge in [0, 0.05) is 22.4 Å². The minimum Gasteiger partial charge on any atom is -0.398 e. The first-order valence-corrected chi connectivity index (χ1v) is 9.72. The minimum absolute atomic E-state index is 0.00809. The van der Waals surface area contributed by atoms with Crippen molar-refractivity contribution in [3.05, 3.63) is 71.2 Å². The van der Waals surface area contributed by atoms with Crippen LogP contribution in [0.2, 0.25) is 5.02 Å². The molecule has 0 unspecified atom stereocenters. The summed E-state index contributed by atoms with van der Waals surface area (Å²) in [6.45, 7) is 0. The van der Waals surface area contributed by atoms with Gasteiger partial charge in [-0.1, -0.05) is 41.9 Å². The zero-order valence-corrected chi connectivity index (χ0v) is 15.6. The molecule has 0 heterocycles. The number of hydrogen-bond donors (Lipinski definition) is 3. The van der Waals surface area contributed by atoms with E-state index in [2.05, 4.69) is 0 Å². The van der Waals surface area contributed by atoms with Gasteiger partial charge in [-0.15, -0.1) is 0 Å². The SMILES string of the molecule is NC(=O)c1cccc(-c2ccc(Cl)c(-c3ccc(S(N)(=O)=O)cc3)c2N)c1. The number of carbonyl (C=O) groups excluding carboxylic acids is 1. The van der Waals surface area contributed by atoms with Crippen LogP contribution < -0.4 is 16.6 Å². The van der Waals surface area contributed by atoms with E-state index >= 15 is 0 Å². The molecule has 8 heteroatoms. The summed E-state index contributed by atoms with van der Waals surface area (Å²) in [5.74, 6) is -0.539. The van der Waals surface area contributed by atoms with Crippen molar-refractivity contribution >= 4 is 33.2 Å². The summed E-state index contributed by atoms with van der Waals surface area (Å²) in [6, 6.07) is 16.2. The second kappa shape index (κ2) is 7.03. The third kappa shape index (κ3) is 3.80. The van der Waals surface area contributed by atoms with E-state index in [1.165, 1.54) is 12.1 Å². The highest BCUT2D eigenvalue weighted by Gasteiger charge is 2.15. The summed E-state index contributed by atoms with van der Waals surface area (Å²) in [4.78, 5) is 11.4. The molecule has 6 N–H and O–H groups in total. The highest BCUT2D eigenvalue weighted by molar-refractivity contribution is 7.89. The number of sulfonamides is 1. The molecule has 3 rings (SSSR count). The molecule has 0 fully saturated rings. The fourth-order valence-electron chi connectivity index (χ4n) is 2.79. The quantitative estimate of drug-likeness (QED) is 0.580. The number of carbonyl (C=O) groups is 1. The Balaban J connectivity index is 2.15. The van der Waals surface area contributed by atoms with Crippen molar-refractivity contribution in [3.8, 4) is 22.3 Å². The highest BCUT2D eigenvalue weighted by Crippen LogP contribution is 2.40. The van der Waals surface area contributed by atoms with Gasteiger partial charge >= 0.3 is 0 Å². The lowest BCUT2D eigenvalue weighted by Gasteiger charge is -2.14. The number of amides is 1. The van der Waals surface area contributed by atoms with Gasteiger partial charge in [0.2, 0.25) is 15.9 Å². The molecule has 0 spiro atoms. The lowest BCUT2D eigenvalue weighted by molar-refractivity contribution is 0.100. The van der Waals surface area contributed by atoms with Gasteiger partial charge in [-0.2, -0.15) is 0 Å². The van der Waals surface area contributed by atoms with Crippen LogP contribution in [0.5, 0.6) is 0 Å². The fraction of sp³-hybridized carbons (Fsp3) is 0. The molecular weight excluding hydrogens is 386 g/mol. The average molecular weight is 402 g/mol. The standard InChI is InChI=1S/C19H16ClN3O3S/c20-16-9-8-15(12-2-1-3-13(10-12)19(22)24)18(21)17(16)11-4-6-14(7-5-11)27(23,25)26/h1-10H,21H2,(H2,22,24)(H2,23,25,26). The number of primary sulfonamides is 1. The predicted molar refractivity (Wildman–Crippen MR) is 107 cm³/mol. The Hall–Kier alpha value is -2.87. The molecule has 138 valence electrons. The maximum absolute atomic E-state index is 11.4. The van der Waals surface area contributed by atoms with Crippen LogP contribution in [0.1, 0.15) is 10.4 Å².